The standard InChI is InChI=1S/C26H38N2O4S/c1-19-23(17-21-11-7-8-14-24(21)33(31,32)27-15-9-10-16-27)20(2)28(18-25(29)30)26(19,3)22-12-5-4-6-13-22/h7-8,11,14,19,22H,4-6,9-10,12-13,15-18H2,1-3H3,(H,29,30). The number of sulfonamides is 1. The van der Waals surface area contributed by atoms with Crippen molar-refractivity contribution in [3.05, 3.63) is 41.1 Å². The summed E-state index contributed by atoms with van der Waals surface area (Å²) >= 11 is 0. The highest BCUT2D eigenvalue weighted by molar-refractivity contribution is 7.89. The van der Waals surface area contributed by atoms with Crippen molar-refractivity contribution in [1.29, 1.82) is 0 Å². The average Bonchev–Trinajstić information content (AvgIpc) is 3.41. The van der Waals surface area contributed by atoms with E-state index < -0.39 is 16.0 Å². The Morgan fingerprint density at radius 2 is 1.73 bits per heavy atom. The van der Waals surface area contributed by atoms with Crippen molar-refractivity contribution in [2.75, 3.05) is 19.6 Å². The van der Waals surface area contributed by atoms with Gasteiger partial charge in [-0.2, -0.15) is 4.31 Å². The van der Waals surface area contributed by atoms with Gasteiger partial charge in [0.1, 0.15) is 6.54 Å². The largest absolute Gasteiger partial charge is 0.480 e. The summed E-state index contributed by atoms with van der Waals surface area (Å²) in [6.45, 7) is 7.63. The average molecular weight is 475 g/mol. The zero-order chi connectivity index (χ0) is 23.8. The Labute approximate surface area is 198 Å². The molecule has 1 aromatic carbocycles. The van der Waals surface area contributed by atoms with Crippen LogP contribution in [-0.2, 0) is 21.2 Å². The lowest BCUT2D eigenvalue weighted by Crippen LogP contribution is -2.53. The molecule has 1 aromatic rings. The summed E-state index contributed by atoms with van der Waals surface area (Å²) in [6, 6.07) is 7.36. The fourth-order valence-corrected chi connectivity index (χ4v) is 8.31. The number of hydrogen-bond donors (Lipinski definition) is 1. The van der Waals surface area contributed by atoms with Gasteiger partial charge in [-0.05, 0) is 69.1 Å². The molecule has 2 heterocycles. The maximum atomic E-state index is 13.4. The van der Waals surface area contributed by atoms with Crippen LogP contribution in [0.3, 0.4) is 0 Å². The van der Waals surface area contributed by atoms with Gasteiger partial charge in [-0.15, -0.1) is 0 Å². The molecule has 0 bridgehead atoms. The Bertz CT molecular complexity index is 1020. The number of allylic oxidation sites excluding steroid dienone is 1. The zero-order valence-corrected chi connectivity index (χ0v) is 21.0. The predicted octanol–water partition coefficient (Wildman–Crippen LogP) is 4.66. The zero-order valence-electron chi connectivity index (χ0n) is 20.2. The van der Waals surface area contributed by atoms with Crippen molar-refractivity contribution in [2.45, 2.75) is 82.6 Å². The van der Waals surface area contributed by atoms with Gasteiger partial charge in [-0.1, -0.05) is 44.4 Å². The van der Waals surface area contributed by atoms with E-state index in [0.29, 0.717) is 30.3 Å². The van der Waals surface area contributed by atoms with Crippen molar-refractivity contribution in [3.8, 4) is 0 Å². The third kappa shape index (κ3) is 4.34. The molecule has 33 heavy (non-hydrogen) atoms. The molecule has 182 valence electrons. The van der Waals surface area contributed by atoms with Gasteiger partial charge in [-0.25, -0.2) is 8.42 Å². The fourth-order valence-electron chi connectivity index (χ4n) is 6.57. The van der Waals surface area contributed by atoms with Crippen molar-refractivity contribution >= 4 is 16.0 Å². The Balaban J connectivity index is 1.71. The summed E-state index contributed by atoms with van der Waals surface area (Å²) in [4.78, 5) is 14.3. The van der Waals surface area contributed by atoms with E-state index in [1.807, 2.05) is 19.1 Å². The van der Waals surface area contributed by atoms with E-state index in [2.05, 4.69) is 18.7 Å². The van der Waals surface area contributed by atoms with E-state index >= 15 is 0 Å². The van der Waals surface area contributed by atoms with Gasteiger partial charge >= 0.3 is 5.97 Å². The lowest BCUT2D eigenvalue weighted by atomic mass is 9.68. The summed E-state index contributed by atoms with van der Waals surface area (Å²) in [6.07, 6.45) is 8.24. The molecular weight excluding hydrogens is 436 g/mol. The van der Waals surface area contributed by atoms with Crippen LogP contribution in [0, 0.1) is 11.8 Å². The summed E-state index contributed by atoms with van der Waals surface area (Å²) in [7, 11) is -3.52. The Hall–Kier alpha value is -1.86. The molecule has 1 saturated heterocycles. The molecule has 0 spiro atoms. The Kier molecular flexibility index (Phi) is 6.92. The number of carboxylic acid groups (broad SMARTS) is 1. The van der Waals surface area contributed by atoms with Crippen LogP contribution in [0.15, 0.2) is 40.4 Å². The Morgan fingerprint density at radius 3 is 2.36 bits per heavy atom. The first-order valence-electron chi connectivity index (χ1n) is 12.4. The van der Waals surface area contributed by atoms with E-state index in [1.54, 1.807) is 16.4 Å². The first-order valence-corrected chi connectivity index (χ1v) is 13.9. The third-order valence-corrected chi connectivity index (χ3v) is 10.6. The highest BCUT2D eigenvalue weighted by Gasteiger charge is 2.51. The molecular formula is C26H38N2O4S. The molecule has 6 nitrogen and oxygen atoms in total. The van der Waals surface area contributed by atoms with Crippen molar-refractivity contribution < 1.29 is 18.3 Å². The molecule has 2 atom stereocenters. The van der Waals surface area contributed by atoms with E-state index in [9.17, 15) is 18.3 Å². The van der Waals surface area contributed by atoms with Crippen molar-refractivity contribution in [1.82, 2.24) is 9.21 Å². The monoisotopic (exact) mass is 474 g/mol. The maximum Gasteiger partial charge on any atom is 0.323 e. The molecule has 4 rings (SSSR count). The van der Waals surface area contributed by atoms with Gasteiger partial charge in [0.15, 0.2) is 0 Å². The van der Waals surface area contributed by atoms with Gasteiger partial charge in [0.2, 0.25) is 10.0 Å². The van der Waals surface area contributed by atoms with Crippen molar-refractivity contribution in [3.63, 3.8) is 0 Å². The summed E-state index contributed by atoms with van der Waals surface area (Å²) < 4.78 is 28.4. The van der Waals surface area contributed by atoms with Gasteiger partial charge in [0.05, 0.1) is 4.90 Å². The van der Waals surface area contributed by atoms with Crippen LogP contribution in [0.25, 0.3) is 0 Å². The summed E-state index contributed by atoms with van der Waals surface area (Å²) in [5.74, 6) is -0.221. The lowest BCUT2D eigenvalue weighted by Gasteiger charge is -2.48. The lowest BCUT2D eigenvalue weighted by molar-refractivity contribution is -0.140. The highest BCUT2D eigenvalue weighted by atomic mass is 32.2. The topological polar surface area (TPSA) is 77.9 Å². The molecule has 2 fully saturated rings. The molecule has 2 unspecified atom stereocenters. The van der Waals surface area contributed by atoms with E-state index in [-0.39, 0.29) is 18.0 Å². The SMILES string of the molecule is CC1=C(Cc2ccccc2S(=O)(=O)N2CCCC2)C(C)C(C)(C2CCCCC2)N1CC(=O)O. The predicted molar refractivity (Wildman–Crippen MR) is 129 cm³/mol. The molecule has 0 amide bonds. The molecule has 1 N–H and O–H groups in total. The number of benzene rings is 1. The van der Waals surface area contributed by atoms with Gasteiger partial charge in [0.25, 0.3) is 0 Å². The first kappa shape index (κ1) is 24.3. The van der Waals surface area contributed by atoms with Crippen LogP contribution in [0.2, 0.25) is 0 Å². The smallest absolute Gasteiger partial charge is 0.323 e. The minimum Gasteiger partial charge on any atom is -0.480 e. The Morgan fingerprint density at radius 1 is 1.09 bits per heavy atom. The molecule has 1 aliphatic carbocycles. The minimum atomic E-state index is -3.52. The van der Waals surface area contributed by atoms with Gasteiger partial charge < -0.3 is 10.0 Å². The molecule has 1 saturated carbocycles. The number of aliphatic carboxylic acids is 1. The van der Waals surface area contributed by atoms with Crippen molar-refractivity contribution in [2.24, 2.45) is 11.8 Å². The maximum absolute atomic E-state index is 13.4. The normalized spacial score (nSPS) is 27.5. The molecule has 0 radical (unpaired) electrons. The second-order valence-electron chi connectivity index (χ2n) is 10.3. The number of carboxylic acids is 1. The number of hydrogen-bond acceptors (Lipinski definition) is 4. The molecule has 0 aromatic heterocycles. The first-order chi connectivity index (χ1) is 15.7. The summed E-state index contributed by atoms with van der Waals surface area (Å²) in [5, 5.41) is 9.71. The quantitative estimate of drug-likeness (QED) is 0.622. The van der Waals surface area contributed by atoms with Crippen LogP contribution in [-0.4, -0.2) is 53.9 Å². The van der Waals surface area contributed by atoms with E-state index in [1.165, 1.54) is 24.8 Å². The highest BCUT2D eigenvalue weighted by Crippen LogP contribution is 2.51. The number of rotatable bonds is 7. The molecule has 3 aliphatic rings. The van der Waals surface area contributed by atoms with Crippen LogP contribution < -0.4 is 0 Å². The summed E-state index contributed by atoms with van der Waals surface area (Å²) in [5.41, 5.74) is 2.73. The van der Waals surface area contributed by atoms with E-state index in [4.69, 9.17) is 0 Å². The molecule has 7 heteroatoms. The number of carbonyl (C=O) groups is 1. The fraction of sp³-hybridized carbons (Fsp3) is 0.654. The van der Waals surface area contributed by atoms with Gasteiger partial charge in [-0.3, -0.25) is 4.79 Å². The van der Waals surface area contributed by atoms with Crippen LogP contribution >= 0.6 is 0 Å². The third-order valence-electron chi connectivity index (χ3n) is 8.61. The van der Waals surface area contributed by atoms with Gasteiger partial charge in [0, 0.05) is 30.2 Å². The molecule has 2 aliphatic heterocycles. The van der Waals surface area contributed by atoms with E-state index in [0.717, 1.165) is 36.9 Å². The second-order valence-corrected chi connectivity index (χ2v) is 12.2. The van der Waals surface area contributed by atoms with Crippen LogP contribution in [0.1, 0.15) is 71.3 Å². The van der Waals surface area contributed by atoms with Crippen LogP contribution in [0.5, 0.6) is 0 Å². The second kappa shape index (κ2) is 9.41. The van der Waals surface area contributed by atoms with Crippen LogP contribution in [0.4, 0.5) is 0 Å². The number of nitrogens with zero attached hydrogens (tertiary/aromatic N) is 2. The minimum absolute atomic E-state index is 0.0135.